The zero-order valence-electron chi connectivity index (χ0n) is 12.9. The summed E-state index contributed by atoms with van der Waals surface area (Å²) in [6, 6.07) is 6.14. The summed E-state index contributed by atoms with van der Waals surface area (Å²) in [5.74, 6) is 2.55. The predicted molar refractivity (Wildman–Crippen MR) is 85.4 cm³/mol. The molecular formula is C16H25N3O2. The van der Waals surface area contributed by atoms with Gasteiger partial charge in [-0.3, -0.25) is 4.99 Å². The van der Waals surface area contributed by atoms with Crippen LogP contribution in [0.2, 0.25) is 0 Å². The molecule has 5 heteroatoms. The quantitative estimate of drug-likeness (QED) is 0.806. The molecule has 0 aliphatic carbocycles. The number of hydrogen-bond acceptors (Lipinski definition) is 5. The molecule has 1 aliphatic rings. The summed E-state index contributed by atoms with van der Waals surface area (Å²) >= 11 is 0. The number of benzene rings is 1. The first-order chi connectivity index (χ1) is 10.3. The Morgan fingerprint density at radius 1 is 1.19 bits per heavy atom. The predicted octanol–water partition coefficient (Wildman–Crippen LogP) is 1.97. The van der Waals surface area contributed by atoms with Crippen LogP contribution in [0.5, 0.6) is 11.5 Å². The third kappa shape index (κ3) is 4.85. The van der Waals surface area contributed by atoms with E-state index in [0.29, 0.717) is 13.2 Å². The van der Waals surface area contributed by atoms with E-state index in [2.05, 4.69) is 27.8 Å². The maximum absolute atomic E-state index is 5.65. The van der Waals surface area contributed by atoms with Crippen LogP contribution >= 0.6 is 0 Å². The zero-order valence-corrected chi connectivity index (χ0v) is 12.9. The third-order valence-corrected chi connectivity index (χ3v) is 3.21. The van der Waals surface area contributed by atoms with Crippen LogP contribution in [0.15, 0.2) is 23.2 Å². The summed E-state index contributed by atoms with van der Waals surface area (Å²) in [6.07, 6.45) is 2.04. The molecule has 21 heavy (non-hydrogen) atoms. The van der Waals surface area contributed by atoms with Gasteiger partial charge in [0.15, 0.2) is 17.5 Å². The Morgan fingerprint density at radius 3 is 2.71 bits per heavy atom. The SMILES string of the molecule is CCOc1ccc(CCNC2=NCCCN2)cc1OCC. The van der Waals surface area contributed by atoms with Gasteiger partial charge in [0.05, 0.1) is 13.2 Å². The van der Waals surface area contributed by atoms with Gasteiger partial charge in [0.1, 0.15) is 0 Å². The molecule has 0 saturated carbocycles. The van der Waals surface area contributed by atoms with Crippen molar-refractivity contribution < 1.29 is 9.47 Å². The van der Waals surface area contributed by atoms with Crippen LogP contribution in [0, 0.1) is 0 Å². The molecule has 116 valence electrons. The second kappa shape index (κ2) is 8.39. The van der Waals surface area contributed by atoms with Crippen molar-refractivity contribution >= 4 is 5.96 Å². The molecule has 2 rings (SSSR count). The smallest absolute Gasteiger partial charge is 0.191 e. The highest BCUT2D eigenvalue weighted by Gasteiger charge is 2.07. The van der Waals surface area contributed by atoms with E-state index >= 15 is 0 Å². The normalized spacial score (nSPS) is 14.1. The molecule has 2 N–H and O–H groups in total. The summed E-state index contributed by atoms with van der Waals surface area (Å²) in [6.45, 7) is 8.01. The van der Waals surface area contributed by atoms with Gasteiger partial charge >= 0.3 is 0 Å². The first-order valence-electron chi connectivity index (χ1n) is 7.74. The summed E-state index contributed by atoms with van der Waals surface area (Å²) in [4.78, 5) is 4.40. The minimum atomic E-state index is 0.641. The molecule has 0 unspecified atom stereocenters. The molecule has 0 atom stereocenters. The van der Waals surface area contributed by atoms with E-state index in [4.69, 9.17) is 9.47 Å². The van der Waals surface area contributed by atoms with E-state index in [-0.39, 0.29) is 0 Å². The lowest BCUT2D eigenvalue weighted by Crippen LogP contribution is -2.41. The Hall–Kier alpha value is -1.91. The lowest BCUT2D eigenvalue weighted by atomic mass is 10.1. The van der Waals surface area contributed by atoms with Gasteiger partial charge < -0.3 is 20.1 Å². The molecule has 5 nitrogen and oxygen atoms in total. The van der Waals surface area contributed by atoms with Gasteiger partial charge in [-0.25, -0.2) is 0 Å². The highest BCUT2D eigenvalue weighted by molar-refractivity contribution is 5.80. The van der Waals surface area contributed by atoms with E-state index in [1.54, 1.807) is 0 Å². The van der Waals surface area contributed by atoms with Gasteiger partial charge in [0.25, 0.3) is 0 Å². The molecule has 1 aromatic carbocycles. The second-order valence-corrected chi connectivity index (χ2v) is 4.83. The zero-order chi connectivity index (χ0) is 14.9. The number of rotatable bonds is 7. The molecule has 0 aromatic heterocycles. The van der Waals surface area contributed by atoms with E-state index in [0.717, 1.165) is 49.9 Å². The van der Waals surface area contributed by atoms with Crippen LogP contribution in [0.25, 0.3) is 0 Å². The lowest BCUT2D eigenvalue weighted by Gasteiger charge is -2.16. The number of nitrogens with one attached hydrogen (secondary N) is 2. The van der Waals surface area contributed by atoms with Crippen molar-refractivity contribution in [2.24, 2.45) is 4.99 Å². The minimum Gasteiger partial charge on any atom is -0.490 e. The molecule has 1 aromatic rings. The van der Waals surface area contributed by atoms with Crippen LogP contribution in [-0.4, -0.2) is 38.8 Å². The fourth-order valence-electron chi connectivity index (χ4n) is 2.23. The van der Waals surface area contributed by atoms with Gasteiger partial charge in [-0.2, -0.15) is 0 Å². The molecule has 0 bridgehead atoms. The van der Waals surface area contributed by atoms with Crippen LogP contribution in [0.3, 0.4) is 0 Å². The van der Waals surface area contributed by atoms with Crippen molar-refractivity contribution in [3.8, 4) is 11.5 Å². The van der Waals surface area contributed by atoms with Gasteiger partial charge in [-0.1, -0.05) is 6.07 Å². The van der Waals surface area contributed by atoms with Gasteiger partial charge in [-0.05, 0) is 44.4 Å². The summed E-state index contributed by atoms with van der Waals surface area (Å²) < 4.78 is 11.2. The fraction of sp³-hybridized carbons (Fsp3) is 0.562. The Labute approximate surface area is 126 Å². The molecule has 0 saturated heterocycles. The van der Waals surface area contributed by atoms with E-state index in [9.17, 15) is 0 Å². The summed E-state index contributed by atoms with van der Waals surface area (Å²) in [5.41, 5.74) is 1.23. The standard InChI is InChI=1S/C16H25N3O2/c1-3-20-14-7-6-13(12-15(14)21-4-2)8-11-19-16-17-9-5-10-18-16/h6-7,12H,3-5,8-11H2,1-2H3,(H2,17,18,19). The largest absolute Gasteiger partial charge is 0.490 e. The Morgan fingerprint density at radius 2 is 2.00 bits per heavy atom. The summed E-state index contributed by atoms with van der Waals surface area (Å²) in [7, 11) is 0. The number of guanidine groups is 1. The molecule has 0 fully saturated rings. The van der Waals surface area contributed by atoms with E-state index in [1.165, 1.54) is 5.56 Å². The highest BCUT2D eigenvalue weighted by Crippen LogP contribution is 2.28. The monoisotopic (exact) mass is 291 g/mol. The molecule has 0 radical (unpaired) electrons. The minimum absolute atomic E-state index is 0.641. The Bertz CT molecular complexity index is 475. The molecular weight excluding hydrogens is 266 g/mol. The van der Waals surface area contributed by atoms with Crippen LogP contribution < -0.4 is 20.1 Å². The van der Waals surface area contributed by atoms with Crippen molar-refractivity contribution in [2.75, 3.05) is 32.8 Å². The maximum Gasteiger partial charge on any atom is 0.191 e. The second-order valence-electron chi connectivity index (χ2n) is 4.83. The summed E-state index contributed by atoms with van der Waals surface area (Å²) in [5, 5.41) is 6.59. The third-order valence-electron chi connectivity index (χ3n) is 3.21. The molecule has 1 aliphatic heterocycles. The Kier molecular flexibility index (Phi) is 6.19. The number of hydrogen-bond donors (Lipinski definition) is 2. The fourth-order valence-corrected chi connectivity index (χ4v) is 2.23. The highest BCUT2D eigenvalue weighted by atomic mass is 16.5. The van der Waals surface area contributed by atoms with Gasteiger partial charge in [0, 0.05) is 19.6 Å². The molecule has 1 heterocycles. The van der Waals surface area contributed by atoms with Gasteiger partial charge in [-0.15, -0.1) is 0 Å². The first kappa shape index (κ1) is 15.5. The number of aliphatic imine (C=N–C) groups is 1. The average molecular weight is 291 g/mol. The Balaban J connectivity index is 1.90. The average Bonchev–Trinajstić information content (AvgIpc) is 2.51. The topological polar surface area (TPSA) is 54.9 Å². The van der Waals surface area contributed by atoms with Gasteiger partial charge in [0.2, 0.25) is 0 Å². The van der Waals surface area contributed by atoms with Crippen LogP contribution in [-0.2, 0) is 6.42 Å². The maximum atomic E-state index is 5.65. The van der Waals surface area contributed by atoms with E-state index in [1.807, 2.05) is 19.9 Å². The van der Waals surface area contributed by atoms with Crippen LogP contribution in [0.1, 0.15) is 25.8 Å². The number of ether oxygens (including phenoxy) is 2. The van der Waals surface area contributed by atoms with Crippen molar-refractivity contribution in [3.63, 3.8) is 0 Å². The van der Waals surface area contributed by atoms with Crippen molar-refractivity contribution in [2.45, 2.75) is 26.7 Å². The first-order valence-corrected chi connectivity index (χ1v) is 7.74. The lowest BCUT2D eigenvalue weighted by molar-refractivity contribution is 0.287. The number of nitrogens with zero attached hydrogens (tertiary/aromatic N) is 1. The van der Waals surface area contributed by atoms with Crippen LogP contribution in [0.4, 0.5) is 0 Å². The van der Waals surface area contributed by atoms with Crippen molar-refractivity contribution in [3.05, 3.63) is 23.8 Å². The molecule has 0 amide bonds. The molecule has 0 spiro atoms. The van der Waals surface area contributed by atoms with Crippen molar-refractivity contribution in [1.82, 2.24) is 10.6 Å². The van der Waals surface area contributed by atoms with Crippen molar-refractivity contribution in [1.29, 1.82) is 0 Å². The van der Waals surface area contributed by atoms with E-state index < -0.39 is 0 Å².